The molecule has 0 amide bonds. The number of nitrogens with zero attached hydrogens (tertiary/aromatic N) is 1. The lowest BCUT2D eigenvalue weighted by atomic mass is 10.0. The summed E-state index contributed by atoms with van der Waals surface area (Å²) in [4.78, 5) is 4.48. The van der Waals surface area contributed by atoms with Gasteiger partial charge in [0, 0.05) is 24.8 Å². The minimum absolute atomic E-state index is 0.168. The third-order valence-corrected chi connectivity index (χ3v) is 2.63. The van der Waals surface area contributed by atoms with Crippen molar-refractivity contribution in [2.45, 2.75) is 32.2 Å². The Labute approximate surface area is 84.2 Å². The number of aliphatic hydroxyl groups is 1. The molecule has 1 unspecified atom stereocenters. The fourth-order valence-electron chi connectivity index (χ4n) is 1.79. The molecule has 1 atom stereocenters. The summed E-state index contributed by atoms with van der Waals surface area (Å²) in [6.07, 6.45) is 2.92. The smallest absolute Gasteiger partial charge is 0.129 e. The van der Waals surface area contributed by atoms with Crippen LogP contribution in [-0.2, 0) is 12.8 Å². The van der Waals surface area contributed by atoms with Crippen molar-refractivity contribution >= 4 is 5.82 Å². The Kier molecular flexibility index (Phi) is 2.68. The topological polar surface area (TPSA) is 45.2 Å². The van der Waals surface area contributed by atoms with E-state index in [1.54, 1.807) is 0 Å². The molecule has 0 aromatic carbocycles. The van der Waals surface area contributed by atoms with Crippen molar-refractivity contribution in [3.8, 4) is 0 Å². The maximum absolute atomic E-state index is 8.82. The van der Waals surface area contributed by atoms with Crippen LogP contribution in [0.3, 0.4) is 0 Å². The predicted molar refractivity (Wildman–Crippen MR) is 56.4 cm³/mol. The van der Waals surface area contributed by atoms with Gasteiger partial charge in [0.2, 0.25) is 0 Å². The Bertz CT molecular complexity index is 325. The van der Waals surface area contributed by atoms with E-state index in [0.717, 1.165) is 17.9 Å². The van der Waals surface area contributed by atoms with E-state index in [-0.39, 0.29) is 6.61 Å². The third kappa shape index (κ3) is 1.87. The highest BCUT2D eigenvalue weighted by molar-refractivity contribution is 5.48. The molecule has 1 aromatic heterocycles. The number of anilines is 1. The van der Waals surface area contributed by atoms with E-state index in [2.05, 4.69) is 23.3 Å². The summed E-state index contributed by atoms with van der Waals surface area (Å²) in [7, 11) is 0. The quantitative estimate of drug-likeness (QED) is 0.743. The molecule has 3 heteroatoms. The molecule has 0 saturated carbocycles. The number of nitrogens with one attached hydrogen (secondary N) is 1. The van der Waals surface area contributed by atoms with Gasteiger partial charge in [0.15, 0.2) is 0 Å². The zero-order valence-electron chi connectivity index (χ0n) is 8.45. The van der Waals surface area contributed by atoms with Gasteiger partial charge in [-0.1, -0.05) is 6.07 Å². The van der Waals surface area contributed by atoms with Gasteiger partial charge in [-0.15, -0.1) is 0 Å². The molecule has 0 bridgehead atoms. The summed E-state index contributed by atoms with van der Waals surface area (Å²) in [5.41, 5.74) is 2.26. The molecular weight excluding hydrogens is 176 g/mol. The molecule has 2 N–H and O–H groups in total. The van der Waals surface area contributed by atoms with Gasteiger partial charge in [-0.2, -0.15) is 0 Å². The van der Waals surface area contributed by atoms with Gasteiger partial charge >= 0.3 is 0 Å². The average Bonchev–Trinajstić information content (AvgIpc) is 2.17. The van der Waals surface area contributed by atoms with Crippen molar-refractivity contribution in [1.82, 2.24) is 4.98 Å². The van der Waals surface area contributed by atoms with Gasteiger partial charge in [-0.05, 0) is 31.4 Å². The summed E-state index contributed by atoms with van der Waals surface area (Å²) >= 11 is 0. The minimum Gasteiger partial charge on any atom is -0.396 e. The van der Waals surface area contributed by atoms with Gasteiger partial charge in [-0.3, -0.25) is 0 Å². The zero-order valence-corrected chi connectivity index (χ0v) is 8.45. The summed E-state index contributed by atoms with van der Waals surface area (Å²) in [5, 5.41) is 12.2. The standard InChI is InChI=1S/C11H16N2O/c1-8-2-3-9-4-5-10(6-7-14)13-11(9)12-8/h4-5,8,14H,2-3,6-7H2,1H3,(H,12,13). The maximum atomic E-state index is 8.82. The number of pyridine rings is 1. The molecule has 2 heterocycles. The fourth-order valence-corrected chi connectivity index (χ4v) is 1.79. The highest BCUT2D eigenvalue weighted by atomic mass is 16.3. The molecule has 76 valence electrons. The van der Waals surface area contributed by atoms with E-state index < -0.39 is 0 Å². The van der Waals surface area contributed by atoms with Crippen molar-refractivity contribution in [2.24, 2.45) is 0 Å². The Balaban J connectivity index is 2.24. The molecule has 0 fully saturated rings. The van der Waals surface area contributed by atoms with Crippen LogP contribution >= 0.6 is 0 Å². The Morgan fingerprint density at radius 1 is 1.57 bits per heavy atom. The van der Waals surface area contributed by atoms with Crippen LogP contribution in [0.15, 0.2) is 12.1 Å². The van der Waals surface area contributed by atoms with Crippen LogP contribution in [0.25, 0.3) is 0 Å². The van der Waals surface area contributed by atoms with Crippen LogP contribution < -0.4 is 5.32 Å². The van der Waals surface area contributed by atoms with Gasteiger partial charge in [0.25, 0.3) is 0 Å². The monoisotopic (exact) mass is 192 g/mol. The van der Waals surface area contributed by atoms with E-state index in [1.165, 1.54) is 12.0 Å². The Morgan fingerprint density at radius 3 is 3.21 bits per heavy atom. The molecule has 3 nitrogen and oxygen atoms in total. The average molecular weight is 192 g/mol. The van der Waals surface area contributed by atoms with Crippen LogP contribution in [0.2, 0.25) is 0 Å². The minimum atomic E-state index is 0.168. The highest BCUT2D eigenvalue weighted by Crippen LogP contribution is 2.22. The molecule has 1 aliphatic heterocycles. The third-order valence-electron chi connectivity index (χ3n) is 2.63. The number of rotatable bonds is 2. The van der Waals surface area contributed by atoms with Gasteiger partial charge in [-0.25, -0.2) is 4.98 Å². The van der Waals surface area contributed by atoms with Crippen molar-refractivity contribution in [3.05, 3.63) is 23.4 Å². The number of aliphatic hydroxyl groups excluding tert-OH is 1. The first-order chi connectivity index (χ1) is 6.79. The molecule has 2 rings (SSSR count). The van der Waals surface area contributed by atoms with E-state index in [9.17, 15) is 0 Å². The van der Waals surface area contributed by atoms with E-state index in [4.69, 9.17) is 5.11 Å². The molecule has 0 spiro atoms. The summed E-state index contributed by atoms with van der Waals surface area (Å²) in [5.74, 6) is 1.01. The number of fused-ring (bicyclic) bond motifs is 1. The SMILES string of the molecule is CC1CCc2ccc(CCO)nc2N1. The summed E-state index contributed by atoms with van der Waals surface area (Å²) < 4.78 is 0. The highest BCUT2D eigenvalue weighted by Gasteiger charge is 2.14. The van der Waals surface area contributed by atoms with Crippen molar-refractivity contribution in [3.63, 3.8) is 0 Å². The van der Waals surface area contributed by atoms with Crippen LogP contribution in [0, 0.1) is 0 Å². The number of hydrogen-bond acceptors (Lipinski definition) is 3. The second kappa shape index (κ2) is 3.96. The molecule has 0 saturated heterocycles. The Morgan fingerprint density at radius 2 is 2.43 bits per heavy atom. The van der Waals surface area contributed by atoms with Crippen LogP contribution in [0.5, 0.6) is 0 Å². The zero-order chi connectivity index (χ0) is 9.97. The first-order valence-corrected chi connectivity index (χ1v) is 5.16. The summed E-state index contributed by atoms with van der Waals surface area (Å²) in [6, 6.07) is 4.64. The van der Waals surface area contributed by atoms with Gasteiger partial charge in [0.05, 0.1) is 0 Å². The first-order valence-electron chi connectivity index (χ1n) is 5.16. The van der Waals surface area contributed by atoms with Gasteiger partial charge in [0.1, 0.15) is 5.82 Å². The van der Waals surface area contributed by atoms with Crippen LogP contribution in [0.4, 0.5) is 5.82 Å². The normalized spacial score (nSPS) is 20.0. The van der Waals surface area contributed by atoms with E-state index >= 15 is 0 Å². The number of aryl methyl sites for hydroxylation is 1. The van der Waals surface area contributed by atoms with Crippen molar-refractivity contribution in [2.75, 3.05) is 11.9 Å². The molecule has 14 heavy (non-hydrogen) atoms. The summed E-state index contributed by atoms with van der Waals surface area (Å²) in [6.45, 7) is 2.34. The van der Waals surface area contributed by atoms with Crippen molar-refractivity contribution < 1.29 is 5.11 Å². The van der Waals surface area contributed by atoms with Crippen LogP contribution in [0.1, 0.15) is 24.6 Å². The largest absolute Gasteiger partial charge is 0.396 e. The maximum Gasteiger partial charge on any atom is 0.129 e. The second-order valence-corrected chi connectivity index (χ2v) is 3.87. The van der Waals surface area contributed by atoms with Crippen molar-refractivity contribution in [1.29, 1.82) is 0 Å². The lowest BCUT2D eigenvalue weighted by molar-refractivity contribution is 0.298. The van der Waals surface area contributed by atoms with E-state index in [0.29, 0.717) is 12.5 Å². The lowest BCUT2D eigenvalue weighted by Gasteiger charge is -2.23. The second-order valence-electron chi connectivity index (χ2n) is 3.87. The molecule has 1 aliphatic rings. The van der Waals surface area contributed by atoms with Crippen LogP contribution in [-0.4, -0.2) is 22.7 Å². The lowest BCUT2D eigenvalue weighted by Crippen LogP contribution is -2.23. The number of hydrogen-bond donors (Lipinski definition) is 2. The fraction of sp³-hybridized carbons (Fsp3) is 0.545. The van der Waals surface area contributed by atoms with E-state index in [1.807, 2.05) is 6.07 Å². The Hall–Kier alpha value is -1.09. The molecule has 0 aliphatic carbocycles. The number of aromatic nitrogens is 1. The molecule has 0 radical (unpaired) electrons. The van der Waals surface area contributed by atoms with Gasteiger partial charge < -0.3 is 10.4 Å². The molecule has 1 aromatic rings. The first kappa shape index (κ1) is 9.46. The predicted octanol–water partition coefficient (Wildman–Crippen LogP) is 1.36. The molecular formula is C11H16N2O.